The molecule has 0 bridgehead atoms. The highest BCUT2D eigenvalue weighted by Gasteiger charge is 2.14. The molecular weight excluding hydrogens is 337 g/mol. The van der Waals surface area contributed by atoms with E-state index in [1.54, 1.807) is 12.1 Å². The Kier molecular flexibility index (Phi) is 4.20. The van der Waals surface area contributed by atoms with Gasteiger partial charge in [0.15, 0.2) is 5.75 Å². The maximum Gasteiger partial charge on any atom is 0.152 e. The van der Waals surface area contributed by atoms with Crippen molar-refractivity contribution in [1.82, 2.24) is 0 Å². The Labute approximate surface area is 129 Å². The predicted octanol–water partition coefficient (Wildman–Crippen LogP) is 6.33. The van der Waals surface area contributed by atoms with Crippen molar-refractivity contribution < 1.29 is 5.11 Å². The second-order valence-corrected chi connectivity index (χ2v) is 5.60. The summed E-state index contributed by atoms with van der Waals surface area (Å²) < 4.78 is 0. The van der Waals surface area contributed by atoms with Crippen LogP contribution in [-0.4, -0.2) is 5.11 Å². The van der Waals surface area contributed by atoms with Crippen molar-refractivity contribution >= 4 is 58.0 Å². The van der Waals surface area contributed by atoms with Gasteiger partial charge in [-0.2, -0.15) is 0 Å². The lowest BCUT2D eigenvalue weighted by Crippen LogP contribution is -1.84. The zero-order valence-electron chi connectivity index (χ0n) is 8.65. The van der Waals surface area contributed by atoms with Crippen molar-refractivity contribution in [3.63, 3.8) is 0 Å². The van der Waals surface area contributed by atoms with Crippen molar-refractivity contribution in [2.24, 2.45) is 0 Å². The fourth-order valence-corrected chi connectivity index (χ4v) is 3.05. The number of halogens is 5. The maximum absolute atomic E-state index is 9.51. The summed E-state index contributed by atoms with van der Waals surface area (Å²) in [6, 6.07) is 6.20. The van der Waals surface area contributed by atoms with E-state index < -0.39 is 0 Å². The van der Waals surface area contributed by atoms with Crippen LogP contribution < -0.4 is 0 Å². The van der Waals surface area contributed by atoms with E-state index in [1.807, 2.05) is 0 Å². The van der Waals surface area contributed by atoms with Crippen molar-refractivity contribution in [3.05, 3.63) is 49.4 Å². The Balaban J connectivity index is 2.70. The lowest BCUT2D eigenvalue weighted by molar-refractivity contribution is 0.476. The normalized spacial score (nSPS) is 10.7. The van der Waals surface area contributed by atoms with Crippen LogP contribution in [0.4, 0.5) is 0 Å². The lowest BCUT2D eigenvalue weighted by atomic mass is 10.1. The van der Waals surface area contributed by atoms with Gasteiger partial charge in [-0.05, 0) is 29.8 Å². The summed E-state index contributed by atoms with van der Waals surface area (Å²) >= 11 is 29.7. The molecule has 6 heteroatoms. The SMILES string of the molecule is Oc1c(Cl)cc(-c2c(Cl)cc(Cl)cc2Cl)cc1Cl. The van der Waals surface area contributed by atoms with Crippen LogP contribution in [0.15, 0.2) is 24.3 Å². The van der Waals surface area contributed by atoms with Gasteiger partial charge in [0.25, 0.3) is 0 Å². The number of rotatable bonds is 1. The smallest absolute Gasteiger partial charge is 0.152 e. The second kappa shape index (κ2) is 5.36. The maximum atomic E-state index is 9.51. The number of hydrogen-bond donors (Lipinski definition) is 1. The first-order valence-corrected chi connectivity index (χ1v) is 6.62. The summed E-state index contributed by atoms with van der Waals surface area (Å²) in [5.41, 5.74) is 1.17. The van der Waals surface area contributed by atoms with Gasteiger partial charge in [0, 0.05) is 10.6 Å². The van der Waals surface area contributed by atoms with E-state index in [0.29, 0.717) is 26.2 Å². The molecule has 1 N–H and O–H groups in total. The Morgan fingerprint density at radius 3 is 1.56 bits per heavy atom. The van der Waals surface area contributed by atoms with Crippen molar-refractivity contribution in [1.29, 1.82) is 0 Å². The number of benzene rings is 2. The number of hydrogen-bond acceptors (Lipinski definition) is 1. The van der Waals surface area contributed by atoms with E-state index in [-0.39, 0.29) is 15.8 Å². The molecule has 0 fully saturated rings. The molecule has 0 radical (unpaired) electrons. The molecule has 0 spiro atoms. The third kappa shape index (κ3) is 2.66. The molecule has 2 aromatic carbocycles. The minimum atomic E-state index is -0.178. The largest absolute Gasteiger partial charge is 0.505 e. The molecule has 0 amide bonds. The predicted molar refractivity (Wildman–Crippen MR) is 78.6 cm³/mol. The topological polar surface area (TPSA) is 20.2 Å². The lowest BCUT2D eigenvalue weighted by Gasteiger charge is -2.10. The summed E-state index contributed by atoms with van der Waals surface area (Å²) in [6.45, 7) is 0. The van der Waals surface area contributed by atoms with Crippen LogP contribution in [0.2, 0.25) is 25.1 Å². The van der Waals surface area contributed by atoms with Crippen LogP contribution in [-0.2, 0) is 0 Å². The van der Waals surface area contributed by atoms with E-state index in [0.717, 1.165) is 0 Å². The van der Waals surface area contributed by atoms with Gasteiger partial charge in [-0.3, -0.25) is 0 Å². The molecule has 0 unspecified atom stereocenters. The molecule has 0 aromatic heterocycles. The monoisotopic (exact) mass is 340 g/mol. The molecule has 0 heterocycles. The molecule has 94 valence electrons. The standard InChI is InChI=1S/C12H5Cl5O/c13-6-3-7(14)11(8(15)4-6)5-1-9(16)12(18)10(17)2-5/h1-4,18H. The van der Waals surface area contributed by atoms with E-state index in [4.69, 9.17) is 58.0 Å². The summed E-state index contributed by atoms with van der Waals surface area (Å²) in [7, 11) is 0. The molecule has 1 nitrogen and oxygen atoms in total. The van der Waals surface area contributed by atoms with Crippen LogP contribution >= 0.6 is 58.0 Å². The van der Waals surface area contributed by atoms with Gasteiger partial charge >= 0.3 is 0 Å². The van der Waals surface area contributed by atoms with Gasteiger partial charge in [0.1, 0.15) is 0 Å². The van der Waals surface area contributed by atoms with Crippen molar-refractivity contribution in [3.8, 4) is 16.9 Å². The molecular formula is C12H5Cl5O. The molecule has 0 atom stereocenters. The van der Waals surface area contributed by atoms with Crippen LogP contribution in [0, 0.1) is 0 Å². The minimum absolute atomic E-state index is 0.125. The molecule has 2 aromatic rings. The zero-order valence-corrected chi connectivity index (χ0v) is 12.4. The summed E-state index contributed by atoms with van der Waals surface area (Å²) in [5, 5.41) is 11.0. The highest BCUT2D eigenvalue weighted by Crippen LogP contribution is 2.42. The molecule has 0 aliphatic rings. The fraction of sp³-hybridized carbons (Fsp3) is 0. The Morgan fingerprint density at radius 2 is 1.11 bits per heavy atom. The highest BCUT2D eigenvalue weighted by atomic mass is 35.5. The molecule has 18 heavy (non-hydrogen) atoms. The first-order chi connectivity index (χ1) is 8.40. The number of phenols is 1. The molecule has 0 saturated carbocycles. The second-order valence-electron chi connectivity index (χ2n) is 3.53. The van der Waals surface area contributed by atoms with Crippen LogP contribution in [0.3, 0.4) is 0 Å². The highest BCUT2D eigenvalue weighted by molar-refractivity contribution is 6.42. The van der Waals surface area contributed by atoms with Crippen molar-refractivity contribution in [2.45, 2.75) is 0 Å². The van der Waals surface area contributed by atoms with E-state index >= 15 is 0 Å². The Hall–Kier alpha value is -0.310. The molecule has 0 saturated heterocycles. The fourth-order valence-electron chi connectivity index (χ4n) is 1.53. The number of aromatic hydroxyl groups is 1. The average Bonchev–Trinajstić information content (AvgIpc) is 2.24. The number of phenolic OH excluding ortho intramolecular Hbond substituents is 1. The van der Waals surface area contributed by atoms with Gasteiger partial charge in [0.05, 0.1) is 20.1 Å². The molecule has 0 aliphatic carbocycles. The van der Waals surface area contributed by atoms with Gasteiger partial charge in [-0.15, -0.1) is 0 Å². The molecule has 2 rings (SSSR count). The van der Waals surface area contributed by atoms with Crippen molar-refractivity contribution in [2.75, 3.05) is 0 Å². The van der Waals surface area contributed by atoms with Crippen LogP contribution in [0.1, 0.15) is 0 Å². The van der Waals surface area contributed by atoms with E-state index in [1.165, 1.54) is 12.1 Å². The van der Waals surface area contributed by atoms with E-state index in [2.05, 4.69) is 0 Å². The van der Waals surface area contributed by atoms with Crippen LogP contribution in [0.5, 0.6) is 5.75 Å². The van der Waals surface area contributed by atoms with Gasteiger partial charge in [0.2, 0.25) is 0 Å². The third-order valence-corrected chi connectivity index (χ3v) is 3.70. The Morgan fingerprint density at radius 1 is 0.667 bits per heavy atom. The average molecular weight is 342 g/mol. The van der Waals surface area contributed by atoms with Gasteiger partial charge in [-0.1, -0.05) is 58.0 Å². The molecule has 0 aliphatic heterocycles. The third-order valence-electron chi connectivity index (χ3n) is 2.31. The Bertz CT molecular complexity index is 578. The van der Waals surface area contributed by atoms with E-state index in [9.17, 15) is 5.11 Å². The van der Waals surface area contributed by atoms with Crippen LogP contribution in [0.25, 0.3) is 11.1 Å². The van der Waals surface area contributed by atoms with Gasteiger partial charge < -0.3 is 5.11 Å². The zero-order chi connectivity index (χ0) is 13.4. The first kappa shape index (κ1) is 14.1. The first-order valence-electron chi connectivity index (χ1n) is 4.73. The minimum Gasteiger partial charge on any atom is -0.505 e. The summed E-state index contributed by atoms with van der Waals surface area (Å²) in [6.07, 6.45) is 0. The summed E-state index contributed by atoms with van der Waals surface area (Å²) in [5.74, 6) is -0.178. The quantitative estimate of drug-likeness (QED) is 0.642. The summed E-state index contributed by atoms with van der Waals surface area (Å²) in [4.78, 5) is 0. The van der Waals surface area contributed by atoms with Gasteiger partial charge in [-0.25, -0.2) is 0 Å².